The highest BCUT2D eigenvalue weighted by molar-refractivity contribution is 6.08. The number of hydrogen-bond acceptors (Lipinski definition) is 2. The van der Waals surface area contributed by atoms with Crippen molar-refractivity contribution in [3.63, 3.8) is 0 Å². The number of fused-ring (bicyclic) bond motifs is 1. The zero-order valence-corrected chi connectivity index (χ0v) is 17.2. The Morgan fingerprint density at radius 1 is 0.967 bits per heavy atom. The van der Waals surface area contributed by atoms with E-state index in [0.717, 1.165) is 28.7 Å². The van der Waals surface area contributed by atoms with Crippen molar-refractivity contribution in [2.75, 3.05) is 0 Å². The molecular weight excluding hydrogens is 370 g/mol. The standard InChI is InChI=1S/C27H25NO2/c1-19(2)27-23(14-16-26(30)21-11-7-4-8-12-21)24-17-22(29)13-15-25(24)28(27)18-20-9-5-3-6-10-20/h3-17,19,29H,18H2,1-2H3/b16-14+. The molecule has 1 N–H and O–H groups in total. The number of aromatic nitrogens is 1. The van der Waals surface area contributed by atoms with E-state index in [1.54, 1.807) is 18.2 Å². The molecule has 0 fully saturated rings. The van der Waals surface area contributed by atoms with Gasteiger partial charge < -0.3 is 9.67 Å². The predicted molar refractivity (Wildman–Crippen MR) is 123 cm³/mol. The Morgan fingerprint density at radius 3 is 2.30 bits per heavy atom. The number of ketones is 1. The van der Waals surface area contributed by atoms with Gasteiger partial charge >= 0.3 is 0 Å². The maximum Gasteiger partial charge on any atom is 0.185 e. The van der Waals surface area contributed by atoms with Crippen molar-refractivity contribution in [2.45, 2.75) is 26.3 Å². The lowest BCUT2D eigenvalue weighted by Crippen LogP contribution is -2.06. The van der Waals surface area contributed by atoms with E-state index in [0.29, 0.717) is 5.56 Å². The predicted octanol–water partition coefficient (Wildman–Crippen LogP) is 6.41. The fourth-order valence-electron chi connectivity index (χ4n) is 3.98. The van der Waals surface area contributed by atoms with Gasteiger partial charge in [0.05, 0.1) is 0 Å². The second-order valence-corrected chi connectivity index (χ2v) is 7.79. The Balaban J connectivity index is 1.85. The number of hydrogen-bond donors (Lipinski definition) is 1. The van der Waals surface area contributed by atoms with Gasteiger partial charge in [-0.05, 0) is 41.8 Å². The van der Waals surface area contributed by atoms with Crippen LogP contribution < -0.4 is 0 Å². The summed E-state index contributed by atoms with van der Waals surface area (Å²) in [4.78, 5) is 12.7. The van der Waals surface area contributed by atoms with Crippen LogP contribution in [-0.2, 0) is 6.54 Å². The molecule has 0 saturated heterocycles. The zero-order valence-electron chi connectivity index (χ0n) is 17.2. The molecule has 0 radical (unpaired) electrons. The second-order valence-electron chi connectivity index (χ2n) is 7.79. The summed E-state index contributed by atoms with van der Waals surface area (Å²) in [6.45, 7) is 5.05. The normalized spacial score (nSPS) is 11.6. The highest BCUT2D eigenvalue weighted by Crippen LogP contribution is 2.35. The fourth-order valence-corrected chi connectivity index (χ4v) is 3.98. The van der Waals surface area contributed by atoms with E-state index in [1.807, 2.05) is 60.7 Å². The minimum atomic E-state index is -0.0329. The molecule has 0 unspecified atom stereocenters. The van der Waals surface area contributed by atoms with Gasteiger partial charge in [-0.2, -0.15) is 0 Å². The van der Waals surface area contributed by atoms with Crippen molar-refractivity contribution in [1.82, 2.24) is 4.57 Å². The number of carbonyl (C=O) groups is 1. The number of allylic oxidation sites excluding steroid dienone is 1. The lowest BCUT2D eigenvalue weighted by Gasteiger charge is -2.15. The Labute approximate surface area is 176 Å². The van der Waals surface area contributed by atoms with E-state index in [9.17, 15) is 9.90 Å². The Hall–Kier alpha value is -3.59. The quantitative estimate of drug-likeness (QED) is 0.302. The van der Waals surface area contributed by atoms with Crippen LogP contribution in [0.15, 0.2) is 84.9 Å². The zero-order chi connectivity index (χ0) is 21.1. The molecule has 30 heavy (non-hydrogen) atoms. The minimum absolute atomic E-state index is 0.0329. The highest BCUT2D eigenvalue weighted by atomic mass is 16.3. The van der Waals surface area contributed by atoms with Gasteiger partial charge in [-0.3, -0.25) is 4.79 Å². The second kappa shape index (κ2) is 8.42. The van der Waals surface area contributed by atoms with Gasteiger partial charge in [0, 0.05) is 34.3 Å². The average Bonchev–Trinajstić information content (AvgIpc) is 3.06. The van der Waals surface area contributed by atoms with E-state index in [2.05, 4.69) is 30.5 Å². The summed E-state index contributed by atoms with van der Waals surface area (Å²) in [6.07, 6.45) is 3.53. The molecule has 4 aromatic rings. The van der Waals surface area contributed by atoms with Crippen molar-refractivity contribution in [3.05, 3.63) is 107 Å². The molecule has 3 aromatic carbocycles. The number of rotatable bonds is 6. The number of phenols is 1. The first-order valence-corrected chi connectivity index (χ1v) is 10.2. The van der Waals surface area contributed by atoms with Crippen LogP contribution >= 0.6 is 0 Å². The first-order chi connectivity index (χ1) is 14.5. The van der Waals surface area contributed by atoms with E-state index in [1.165, 1.54) is 5.56 Å². The van der Waals surface area contributed by atoms with Crippen molar-refractivity contribution in [3.8, 4) is 5.75 Å². The summed E-state index contributed by atoms with van der Waals surface area (Å²) in [5, 5.41) is 11.1. The van der Waals surface area contributed by atoms with E-state index >= 15 is 0 Å². The molecule has 1 heterocycles. The smallest absolute Gasteiger partial charge is 0.185 e. The molecule has 0 amide bonds. The maximum atomic E-state index is 12.7. The average molecular weight is 396 g/mol. The summed E-state index contributed by atoms with van der Waals surface area (Å²) >= 11 is 0. The highest BCUT2D eigenvalue weighted by Gasteiger charge is 2.19. The van der Waals surface area contributed by atoms with Crippen LogP contribution in [0, 0.1) is 0 Å². The molecule has 0 aliphatic heterocycles. The Morgan fingerprint density at radius 2 is 1.63 bits per heavy atom. The van der Waals surface area contributed by atoms with Crippen LogP contribution in [0.2, 0.25) is 0 Å². The third-order valence-corrected chi connectivity index (χ3v) is 5.32. The maximum absolute atomic E-state index is 12.7. The summed E-state index contributed by atoms with van der Waals surface area (Å²) in [7, 11) is 0. The van der Waals surface area contributed by atoms with E-state index in [-0.39, 0.29) is 17.5 Å². The van der Waals surface area contributed by atoms with Gasteiger partial charge in [0.25, 0.3) is 0 Å². The number of carbonyl (C=O) groups excluding carboxylic acids is 1. The molecule has 0 spiro atoms. The number of phenolic OH excluding ortho intramolecular Hbond substituents is 1. The van der Waals surface area contributed by atoms with Crippen LogP contribution in [0.3, 0.4) is 0 Å². The first-order valence-electron chi connectivity index (χ1n) is 10.2. The van der Waals surface area contributed by atoms with Crippen molar-refractivity contribution in [2.24, 2.45) is 0 Å². The van der Waals surface area contributed by atoms with Gasteiger partial charge in [-0.1, -0.05) is 74.5 Å². The van der Waals surface area contributed by atoms with Crippen LogP contribution in [0.25, 0.3) is 17.0 Å². The van der Waals surface area contributed by atoms with E-state index < -0.39 is 0 Å². The number of benzene rings is 3. The van der Waals surface area contributed by atoms with Gasteiger partial charge in [0.2, 0.25) is 0 Å². The summed E-state index contributed by atoms with van der Waals surface area (Å²) < 4.78 is 2.29. The molecule has 0 bridgehead atoms. The lowest BCUT2D eigenvalue weighted by atomic mass is 10.0. The number of aromatic hydroxyl groups is 1. The van der Waals surface area contributed by atoms with Crippen molar-refractivity contribution in [1.29, 1.82) is 0 Å². The summed E-state index contributed by atoms with van der Waals surface area (Å²) in [6, 6.07) is 25.1. The number of nitrogens with zero attached hydrogens (tertiary/aromatic N) is 1. The largest absolute Gasteiger partial charge is 0.508 e. The monoisotopic (exact) mass is 395 g/mol. The van der Waals surface area contributed by atoms with Crippen molar-refractivity contribution >= 4 is 22.8 Å². The minimum Gasteiger partial charge on any atom is -0.508 e. The Kier molecular flexibility index (Phi) is 5.53. The molecule has 0 aliphatic carbocycles. The van der Waals surface area contributed by atoms with E-state index in [4.69, 9.17) is 0 Å². The first kappa shape index (κ1) is 19.7. The summed E-state index contributed by atoms with van der Waals surface area (Å²) in [5.41, 5.74) is 5.05. The topological polar surface area (TPSA) is 42.2 Å². The van der Waals surface area contributed by atoms with Crippen LogP contribution in [0.4, 0.5) is 0 Å². The van der Waals surface area contributed by atoms with Crippen LogP contribution in [-0.4, -0.2) is 15.5 Å². The molecule has 0 saturated carbocycles. The summed E-state index contributed by atoms with van der Waals surface area (Å²) in [5.74, 6) is 0.433. The molecule has 1 aromatic heterocycles. The molecule has 4 rings (SSSR count). The molecule has 3 heteroatoms. The SMILES string of the molecule is CC(C)c1c(/C=C/C(=O)c2ccccc2)c2cc(O)ccc2n1Cc1ccccc1. The van der Waals surface area contributed by atoms with Crippen LogP contribution in [0.5, 0.6) is 5.75 Å². The molecule has 3 nitrogen and oxygen atoms in total. The third-order valence-electron chi connectivity index (χ3n) is 5.32. The molecule has 0 atom stereocenters. The van der Waals surface area contributed by atoms with Gasteiger partial charge in [-0.15, -0.1) is 0 Å². The van der Waals surface area contributed by atoms with Crippen LogP contribution in [0.1, 0.15) is 46.9 Å². The lowest BCUT2D eigenvalue weighted by molar-refractivity contribution is 0.104. The van der Waals surface area contributed by atoms with Gasteiger partial charge in [-0.25, -0.2) is 0 Å². The van der Waals surface area contributed by atoms with Crippen molar-refractivity contribution < 1.29 is 9.90 Å². The molecular formula is C27H25NO2. The molecule has 150 valence electrons. The third kappa shape index (κ3) is 3.92. The van der Waals surface area contributed by atoms with Gasteiger partial charge in [0.15, 0.2) is 5.78 Å². The molecule has 0 aliphatic rings. The fraction of sp³-hybridized carbons (Fsp3) is 0.148. The van der Waals surface area contributed by atoms with Gasteiger partial charge in [0.1, 0.15) is 5.75 Å². The Bertz CT molecular complexity index is 1200.